The number of carbonyl (C=O) groups excluding carboxylic acids is 1. The quantitative estimate of drug-likeness (QED) is 0.575. The smallest absolute Gasteiger partial charge is 0.328 e. The van der Waals surface area contributed by atoms with Gasteiger partial charge in [-0.3, -0.25) is 4.98 Å². The summed E-state index contributed by atoms with van der Waals surface area (Å²) in [5.74, 6) is 0.654. The molecule has 1 atom stereocenters. The highest BCUT2D eigenvalue weighted by Gasteiger charge is 2.20. The third-order valence-corrected chi connectivity index (χ3v) is 5.06. The van der Waals surface area contributed by atoms with Crippen molar-refractivity contribution in [2.75, 3.05) is 26.0 Å². The van der Waals surface area contributed by atoms with E-state index in [0.29, 0.717) is 31.7 Å². The van der Waals surface area contributed by atoms with Gasteiger partial charge < -0.3 is 14.8 Å². The lowest BCUT2D eigenvalue weighted by molar-refractivity contribution is -0.0384. The Hall–Kier alpha value is -2.66. The van der Waals surface area contributed by atoms with Crippen molar-refractivity contribution in [1.29, 1.82) is 0 Å². The molecular formula is C19H27N5O5S. The van der Waals surface area contributed by atoms with Crippen LogP contribution < -0.4 is 14.8 Å². The van der Waals surface area contributed by atoms with Crippen molar-refractivity contribution in [3.05, 3.63) is 30.6 Å². The minimum atomic E-state index is -3.54. The molecule has 0 spiro atoms. The fourth-order valence-corrected chi connectivity index (χ4v) is 3.51. The van der Waals surface area contributed by atoms with E-state index in [2.05, 4.69) is 15.4 Å². The molecule has 164 valence electrons. The standard InChI is InChI=1S/C19H27N5O5S/c1-30(26,27)23-19(25)20-10-3-5-12-28-15-7-8-16(21-14-15)17-9-11-22-24(17)18-6-2-4-13-29-18/h7-9,11,14,18H,2-6,10,12-13H2,1H3,(H2,20,23,25). The maximum atomic E-state index is 11.3. The number of nitrogens with zero attached hydrogens (tertiary/aromatic N) is 3. The van der Waals surface area contributed by atoms with Crippen LogP contribution in [0.1, 0.15) is 38.3 Å². The average Bonchev–Trinajstić information content (AvgIpc) is 3.20. The zero-order valence-electron chi connectivity index (χ0n) is 16.9. The molecule has 2 aromatic rings. The Kier molecular flexibility index (Phi) is 7.63. The van der Waals surface area contributed by atoms with Crippen LogP contribution in [-0.2, 0) is 14.8 Å². The van der Waals surface area contributed by atoms with Gasteiger partial charge in [0, 0.05) is 19.3 Å². The predicted octanol–water partition coefficient (Wildman–Crippen LogP) is 2.06. The van der Waals surface area contributed by atoms with Crippen LogP contribution in [0.5, 0.6) is 5.75 Å². The van der Waals surface area contributed by atoms with E-state index in [1.54, 1.807) is 12.4 Å². The number of hydrogen-bond donors (Lipinski definition) is 2. The molecule has 3 heterocycles. The highest BCUT2D eigenvalue weighted by atomic mass is 32.2. The summed E-state index contributed by atoms with van der Waals surface area (Å²) in [6.45, 7) is 1.57. The molecule has 2 N–H and O–H groups in total. The molecule has 1 unspecified atom stereocenters. The SMILES string of the molecule is CS(=O)(=O)NC(=O)NCCCCOc1ccc(-c2ccnn2C2CCCCO2)nc1. The van der Waals surface area contributed by atoms with Crippen molar-refractivity contribution >= 4 is 16.1 Å². The fraction of sp³-hybridized carbons (Fsp3) is 0.526. The molecule has 30 heavy (non-hydrogen) atoms. The Morgan fingerprint density at radius 3 is 2.87 bits per heavy atom. The lowest BCUT2D eigenvalue weighted by Crippen LogP contribution is -2.39. The van der Waals surface area contributed by atoms with Crippen LogP contribution in [0.2, 0.25) is 0 Å². The Balaban J connectivity index is 1.41. The second-order valence-corrected chi connectivity index (χ2v) is 8.80. The molecule has 10 nitrogen and oxygen atoms in total. The number of rotatable bonds is 9. The third kappa shape index (κ3) is 6.70. The first kappa shape index (κ1) is 22.0. The predicted molar refractivity (Wildman–Crippen MR) is 110 cm³/mol. The van der Waals surface area contributed by atoms with E-state index in [9.17, 15) is 13.2 Å². The van der Waals surface area contributed by atoms with Gasteiger partial charge in [0.25, 0.3) is 0 Å². The van der Waals surface area contributed by atoms with Gasteiger partial charge in [-0.25, -0.2) is 22.6 Å². The summed E-state index contributed by atoms with van der Waals surface area (Å²) in [5.41, 5.74) is 1.71. The number of hydrogen-bond acceptors (Lipinski definition) is 7. The van der Waals surface area contributed by atoms with Crippen molar-refractivity contribution in [3.8, 4) is 17.1 Å². The molecule has 0 radical (unpaired) electrons. The van der Waals surface area contributed by atoms with Crippen LogP contribution in [-0.4, -0.2) is 55.2 Å². The van der Waals surface area contributed by atoms with E-state index >= 15 is 0 Å². The number of urea groups is 1. The van der Waals surface area contributed by atoms with Gasteiger partial charge in [-0.15, -0.1) is 0 Å². The first-order valence-electron chi connectivity index (χ1n) is 9.92. The highest BCUT2D eigenvalue weighted by molar-refractivity contribution is 7.89. The zero-order valence-corrected chi connectivity index (χ0v) is 17.7. The molecule has 0 aromatic carbocycles. The largest absolute Gasteiger partial charge is 0.492 e. The van der Waals surface area contributed by atoms with Gasteiger partial charge in [0.1, 0.15) is 5.75 Å². The van der Waals surface area contributed by atoms with Gasteiger partial charge in [0.2, 0.25) is 10.0 Å². The van der Waals surface area contributed by atoms with Gasteiger partial charge in [0.15, 0.2) is 6.23 Å². The highest BCUT2D eigenvalue weighted by Crippen LogP contribution is 2.27. The van der Waals surface area contributed by atoms with Crippen LogP contribution in [0.3, 0.4) is 0 Å². The summed E-state index contributed by atoms with van der Waals surface area (Å²) < 4.78 is 37.1. The van der Waals surface area contributed by atoms with E-state index in [-0.39, 0.29) is 6.23 Å². The summed E-state index contributed by atoms with van der Waals surface area (Å²) in [5, 5.41) is 6.88. The zero-order chi connectivity index (χ0) is 21.4. The minimum absolute atomic E-state index is 0.0467. The van der Waals surface area contributed by atoms with Crippen molar-refractivity contribution in [1.82, 2.24) is 24.8 Å². The Labute approximate surface area is 176 Å². The Bertz CT molecular complexity index is 923. The van der Waals surface area contributed by atoms with Crippen LogP contribution in [0.4, 0.5) is 4.79 Å². The summed E-state index contributed by atoms with van der Waals surface area (Å²) in [7, 11) is -3.54. The molecule has 1 aliphatic rings. The molecule has 0 saturated carbocycles. The fourth-order valence-electron chi connectivity index (χ4n) is 3.10. The normalized spacial score (nSPS) is 16.8. The van der Waals surface area contributed by atoms with Crippen LogP contribution in [0, 0.1) is 0 Å². The number of amides is 2. The lowest BCUT2D eigenvalue weighted by Gasteiger charge is -2.24. The van der Waals surface area contributed by atoms with Gasteiger partial charge >= 0.3 is 6.03 Å². The van der Waals surface area contributed by atoms with Gasteiger partial charge in [0.05, 0.1) is 30.4 Å². The molecule has 2 aromatic heterocycles. The van der Waals surface area contributed by atoms with Gasteiger partial charge in [-0.1, -0.05) is 0 Å². The molecular weight excluding hydrogens is 410 g/mol. The summed E-state index contributed by atoms with van der Waals surface area (Å²) >= 11 is 0. The average molecular weight is 438 g/mol. The third-order valence-electron chi connectivity index (χ3n) is 4.50. The lowest BCUT2D eigenvalue weighted by atomic mass is 10.2. The van der Waals surface area contributed by atoms with E-state index in [0.717, 1.165) is 43.5 Å². The monoisotopic (exact) mass is 437 g/mol. The Morgan fingerprint density at radius 2 is 2.17 bits per heavy atom. The number of unbranched alkanes of at least 4 members (excludes halogenated alkanes) is 1. The number of carbonyl (C=O) groups is 1. The molecule has 1 fully saturated rings. The van der Waals surface area contributed by atoms with Crippen LogP contribution >= 0.6 is 0 Å². The van der Waals surface area contributed by atoms with E-state index in [1.165, 1.54) is 0 Å². The molecule has 0 aliphatic carbocycles. The summed E-state index contributed by atoms with van der Waals surface area (Å²) in [6, 6.07) is 4.95. The van der Waals surface area contributed by atoms with Gasteiger partial charge in [-0.05, 0) is 50.3 Å². The molecule has 0 bridgehead atoms. The number of ether oxygens (including phenoxy) is 2. The van der Waals surface area contributed by atoms with Crippen molar-refractivity contribution in [2.45, 2.75) is 38.3 Å². The van der Waals surface area contributed by atoms with Gasteiger partial charge in [-0.2, -0.15) is 5.10 Å². The maximum Gasteiger partial charge on any atom is 0.328 e. The Morgan fingerprint density at radius 1 is 1.30 bits per heavy atom. The maximum absolute atomic E-state index is 11.3. The number of aromatic nitrogens is 3. The second-order valence-electron chi connectivity index (χ2n) is 7.05. The number of sulfonamides is 1. The molecule has 1 aliphatic heterocycles. The van der Waals surface area contributed by atoms with E-state index in [1.807, 2.05) is 27.6 Å². The summed E-state index contributed by atoms with van der Waals surface area (Å²) in [4.78, 5) is 15.8. The van der Waals surface area contributed by atoms with Crippen molar-refractivity contribution in [2.24, 2.45) is 0 Å². The van der Waals surface area contributed by atoms with Crippen molar-refractivity contribution < 1.29 is 22.7 Å². The number of pyridine rings is 1. The van der Waals surface area contributed by atoms with Crippen LogP contribution in [0.25, 0.3) is 11.4 Å². The molecule has 3 rings (SSSR count). The van der Waals surface area contributed by atoms with E-state index in [4.69, 9.17) is 9.47 Å². The number of nitrogens with one attached hydrogen (secondary N) is 2. The molecule has 11 heteroatoms. The first-order chi connectivity index (χ1) is 14.4. The second kappa shape index (κ2) is 10.4. The minimum Gasteiger partial charge on any atom is -0.492 e. The topological polar surface area (TPSA) is 124 Å². The molecule has 2 amide bonds. The van der Waals surface area contributed by atoms with Crippen LogP contribution in [0.15, 0.2) is 30.6 Å². The molecule has 1 saturated heterocycles. The van der Waals surface area contributed by atoms with E-state index < -0.39 is 16.1 Å². The first-order valence-corrected chi connectivity index (χ1v) is 11.8. The van der Waals surface area contributed by atoms with Crippen molar-refractivity contribution in [3.63, 3.8) is 0 Å². The summed E-state index contributed by atoms with van der Waals surface area (Å²) in [6.07, 6.45) is 8.82.